The van der Waals surface area contributed by atoms with Crippen molar-refractivity contribution < 1.29 is 33.0 Å². The van der Waals surface area contributed by atoms with E-state index in [2.05, 4.69) is 15.9 Å². The van der Waals surface area contributed by atoms with E-state index in [0.717, 1.165) is 17.5 Å². The van der Waals surface area contributed by atoms with E-state index in [9.17, 15) is 33.0 Å². The summed E-state index contributed by atoms with van der Waals surface area (Å²) in [6.45, 7) is 2.00. The van der Waals surface area contributed by atoms with Gasteiger partial charge in [-0.2, -0.15) is 18.2 Å². The molecule has 0 saturated heterocycles. The average molecular weight is 525 g/mol. The topological polar surface area (TPSA) is 81.1 Å². The average Bonchev–Trinajstić information content (AvgIpc) is 2.75. The van der Waals surface area contributed by atoms with Gasteiger partial charge in [0.15, 0.2) is 5.54 Å². The second-order valence-electron chi connectivity index (χ2n) is 7.54. The number of carbonyl (C=O) groups is 2. The fourth-order valence-electron chi connectivity index (χ4n) is 3.85. The number of nitrogens with zero attached hydrogens (tertiary/aromatic N) is 2. The van der Waals surface area contributed by atoms with Gasteiger partial charge in [-0.05, 0) is 47.9 Å². The van der Waals surface area contributed by atoms with Crippen molar-refractivity contribution in [1.82, 2.24) is 10.0 Å². The maximum atomic E-state index is 14.5. The van der Waals surface area contributed by atoms with Gasteiger partial charge in [-0.15, -0.1) is 0 Å². The Hall–Kier alpha value is -3.27. The highest BCUT2D eigenvalue weighted by molar-refractivity contribution is 9.10. The van der Waals surface area contributed by atoms with Crippen molar-refractivity contribution in [2.45, 2.75) is 31.6 Å². The molecule has 0 saturated carbocycles. The summed E-state index contributed by atoms with van der Waals surface area (Å²) < 4.78 is 44.0. The molecule has 0 aliphatic rings. The molecule has 0 heterocycles. The Balaban J connectivity index is 2.25. The van der Waals surface area contributed by atoms with E-state index >= 15 is 0 Å². The summed E-state index contributed by atoms with van der Waals surface area (Å²) in [5.74, 6) is 0. The van der Waals surface area contributed by atoms with Gasteiger partial charge in [0.05, 0.1) is 6.04 Å². The third kappa shape index (κ3) is 4.35. The van der Waals surface area contributed by atoms with Gasteiger partial charge in [0, 0.05) is 4.47 Å². The Bertz CT molecular complexity index is 1180. The molecule has 0 aliphatic heterocycles. The number of rotatable bonds is 4. The van der Waals surface area contributed by atoms with Gasteiger partial charge in [0.2, 0.25) is 0 Å². The molecular weight excluding hydrogens is 505 g/mol. The van der Waals surface area contributed by atoms with E-state index in [-0.39, 0.29) is 10.0 Å². The van der Waals surface area contributed by atoms with Gasteiger partial charge in [0.1, 0.15) is 0 Å². The molecule has 0 spiro atoms. The molecule has 0 fully saturated rings. The summed E-state index contributed by atoms with van der Waals surface area (Å²) in [4.78, 5) is 24.6. The van der Waals surface area contributed by atoms with Gasteiger partial charge in [0.25, 0.3) is 0 Å². The van der Waals surface area contributed by atoms with Gasteiger partial charge >= 0.3 is 18.4 Å². The molecule has 2 N–H and O–H groups in total. The third-order valence-corrected chi connectivity index (χ3v) is 6.14. The predicted octanol–water partition coefficient (Wildman–Crippen LogP) is 7.02. The second kappa shape index (κ2) is 8.93. The molecule has 10 heteroatoms. The minimum Gasteiger partial charge on any atom is -0.464 e. The fraction of sp³-hybridized carbons (Fsp3) is 0.217. The zero-order valence-electron chi connectivity index (χ0n) is 17.5. The molecule has 174 valence electrons. The number of carboxylic acid groups (broad SMARTS) is 2. The van der Waals surface area contributed by atoms with E-state index in [1.54, 1.807) is 42.5 Å². The van der Waals surface area contributed by atoms with Crippen molar-refractivity contribution in [2.24, 2.45) is 0 Å². The Labute approximate surface area is 195 Å². The van der Waals surface area contributed by atoms with Crippen molar-refractivity contribution in [2.75, 3.05) is 0 Å². The monoisotopic (exact) mass is 524 g/mol. The van der Waals surface area contributed by atoms with Crippen molar-refractivity contribution in [1.29, 1.82) is 0 Å². The summed E-state index contributed by atoms with van der Waals surface area (Å²) in [5, 5.41) is 21.3. The Kier molecular flexibility index (Phi) is 6.60. The first-order chi connectivity index (χ1) is 15.4. The van der Waals surface area contributed by atoms with Gasteiger partial charge in [-0.1, -0.05) is 70.5 Å². The number of alkyl halides is 3. The Morgan fingerprint density at radius 1 is 0.909 bits per heavy atom. The molecule has 0 bridgehead atoms. The second-order valence-corrected chi connectivity index (χ2v) is 8.46. The van der Waals surface area contributed by atoms with Crippen molar-refractivity contribution in [3.05, 3.63) is 82.3 Å². The first-order valence-electron chi connectivity index (χ1n) is 9.75. The molecule has 0 aromatic heterocycles. The Morgan fingerprint density at radius 2 is 1.48 bits per heavy atom. The maximum Gasteiger partial charge on any atom is 0.427 e. The summed E-state index contributed by atoms with van der Waals surface area (Å²) in [6.07, 6.45) is -9.05. The highest BCUT2D eigenvalue weighted by atomic mass is 79.9. The van der Waals surface area contributed by atoms with Gasteiger partial charge in [-0.3, -0.25) is 0 Å². The summed E-state index contributed by atoms with van der Waals surface area (Å²) in [6, 6.07) is 15.5. The lowest BCUT2D eigenvalue weighted by molar-refractivity contribution is -0.258. The molecule has 0 radical (unpaired) electrons. The standard InChI is InChI=1S/C23H20BrF3N2O4/c1-14(18-9-5-7-15-6-3-4-8-19(15)18)28(20(30)31)29(21(32)33)22(2,23(25,26)27)16-10-12-17(24)13-11-16/h3-14H,1-2H3,(H,30,31)(H,32,33)/t14-,22+/m0/s1. The fourth-order valence-corrected chi connectivity index (χ4v) is 4.11. The number of amides is 2. The quantitative estimate of drug-likeness (QED) is 0.359. The SMILES string of the molecule is C[C@@H](c1cccc2ccccc12)N(C(=O)O)N(C(=O)O)[C@](C)(c1ccc(Br)cc1)C(F)(F)F. The van der Waals surface area contributed by atoms with Gasteiger partial charge in [-0.25, -0.2) is 14.6 Å². The van der Waals surface area contributed by atoms with Crippen molar-refractivity contribution in [3.8, 4) is 0 Å². The van der Waals surface area contributed by atoms with E-state index in [1.165, 1.54) is 19.1 Å². The van der Waals surface area contributed by atoms with E-state index in [4.69, 9.17) is 0 Å². The molecule has 2 atom stereocenters. The number of benzene rings is 3. The van der Waals surface area contributed by atoms with Crippen LogP contribution in [0.2, 0.25) is 0 Å². The zero-order chi connectivity index (χ0) is 24.6. The van der Waals surface area contributed by atoms with Crippen molar-refractivity contribution >= 4 is 38.9 Å². The summed E-state index contributed by atoms with van der Waals surface area (Å²) in [7, 11) is 0. The molecule has 3 aromatic carbocycles. The molecule has 2 amide bonds. The number of hydrazine groups is 1. The van der Waals surface area contributed by atoms with E-state index in [1.807, 2.05) is 0 Å². The highest BCUT2D eigenvalue weighted by Gasteiger charge is 2.61. The molecule has 0 aliphatic carbocycles. The summed E-state index contributed by atoms with van der Waals surface area (Å²) >= 11 is 3.14. The molecular formula is C23H20BrF3N2O4. The minimum atomic E-state index is -5.15. The molecule has 6 nitrogen and oxygen atoms in total. The van der Waals surface area contributed by atoms with Crippen LogP contribution in [0.15, 0.2) is 71.2 Å². The van der Waals surface area contributed by atoms with Gasteiger partial charge < -0.3 is 10.2 Å². The van der Waals surface area contributed by atoms with Crippen LogP contribution in [-0.4, -0.2) is 38.6 Å². The predicted molar refractivity (Wildman–Crippen MR) is 120 cm³/mol. The number of fused-ring (bicyclic) bond motifs is 1. The zero-order valence-corrected chi connectivity index (χ0v) is 19.1. The number of hydrogen-bond donors (Lipinski definition) is 2. The number of hydrogen-bond acceptors (Lipinski definition) is 2. The van der Waals surface area contributed by atoms with Crippen LogP contribution in [0, 0.1) is 0 Å². The van der Waals surface area contributed by atoms with Crippen LogP contribution in [0.1, 0.15) is 31.0 Å². The maximum absolute atomic E-state index is 14.5. The molecule has 33 heavy (non-hydrogen) atoms. The smallest absolute Gasteiger partial charge is 0.427 e. The highest BCUT2D eigenvalue weighted by Crippen LogP contribution is 2.46. The largest absolute Gasteiger partial charge is 0.464 e. The van der Waals surface area contributed by atoms with Crippen LogP contribution in [-0.2, 0) is 5.54 Å². The third-order valence-electron chi connectivity index (χ3n) is 5.61. The Morgan fingerprint density at radius 3 is 2.03 bits per heavy atom. The lowest BCUT2D eigenvalue weighted by Crippen LogP contribution is -2.64. The van der Waals surface area contributed by atoms with Crippen LogP contribution in [0.4, 0.5) is 22.8 Å². The van der Waals surface area contributed by atoms with Crippen LogP contribution in [0.3, 0.4) is 0 Å². The normalized spacial score (nSPS) is 14.4. The summed E-state index contributed by atoms with van der Waals surface area (Å²) in [5.41, 5.74) is -3.27. The molecule has 3 rings (SSSR count). The lowest BCUT2D eigenvalue weighted by Gasteiger charge is -2.46. The number of halogens is 4. The molecule has 0 unspecified atom stereocenters. The molecule has 3 aromatic rings. The minimum absolute atomic E-state index is 0.148. The lowest BCUT2D eigenvalue weighted by atomic mass is 9.90. The first-order valence-corrected chi connectivity index (χ1v) is 10.5. The van der Waals surface area contributed by atoms with Crippen molar-refractivity contribution in [3.63, 3.8) is 0 Å². The van der Waals surface area contributed by atoms with E-state index < -0.39 is 35.5 Å². The first kappa shape index (κ1) is 24.4. The van der Waals surface area contributed by atoms with Crippen LogP contribution < -0.4 is 0 Å². The van der Waals surface area contributed by atoms with E-state index in [0.29, 0.717) is 22.3 Å². The van der Waals surface area contributed by atoms with Crippen LogP contribution in [0.25, 0.3) is 10.8 Å². The van der Waals surface area contributed by atoms with Crippen LogP contribution in [0.5, 0.6) is 0 Å². The van der Waals surface area contributed by atoms with Crippen LogP contribution >= 0.6 is 15.9 Å².